The third-order valence-electron chi connectivity index (χ3n) is 5.14. The number of rotatable bonds is 17. The van der Waals surface area contributed by atoms with Crippen LogP contribution in [-0.2, 0) is 19.2 Å². The van der Waals surface area contributed by atoms with Crippen molar-refractivity contribution in [2.75, 3.05) is 24.3 Å². The third-order valence-corrected chi connectivity index (χ3v) is 6.15. The van der Waals surface area contributed by atoms with Gasteiger partial charge in [0.15, 0.2) is 0 Å². The number of thioether (sulfide) groups is 1. The zero-order valence-electron chi connectivity index (χ0n) is 19.1. The topological polar surface area (TPSA) is 177 Å². The van der Waals surface area contributed by atoms with Gasteiger partial charge >= 0.3 is 5.97 Å². The van der Waals surface area contributed by atoms with E-state index in [1.54, 1.807) is 11.8 Å². The summed E-state index contributed by atoms with van der Waals surface area (Å²) in [5.74, 6) is -2.37. The number of carboxylic acids is 1. The van der Waals surface area contributed by atoms with E-state index in [1.807, 2.05) is 20.1 Å². The van der Waals surface area contributed by atoms with Gasteiger partial charge in [-0.15, -0.1) is 0 Å². The van der Waals surface area contributed by atoms with Gasteiger partial charge in [0.25, 0.3) is 0 Å². The standard InChI is InChI=1S/C20H39N5O5S2/c1-4-12(2)16(25-17(26)13(22)8-10-32-3)19(28)23-14(7-5-6-9-21)18(27)24-15(11-31)20(29)30/h12-16,31H,4-11,21-22H2,1-3H3,(H,23,28)(H,24,27)(H,25,26)(H,29,30). The van der Waals surface area contributed by atoms with Gasteiger partial charge in [-0.05, 0) is 50.2 Å². The first-order valence-electron chi connectivity index (χ1n) is 10.8. The summed E-state index contributed by atoms with van der Waals surface area (Å²) in [7, 11) is 0. The summed E-state index contributed by atoms with van der Waals surface area (Å²) >= 11 is 5.52. The Kier molecular flexibility index (Phi) is 16.2. The number of amides is 3. The summed E-state index contributed by atoms with van der Waals surface area (Å²) in [4.78, 5) is 49.5. The largest absolute Gasteiger partial charge is 0.480 e. The van der Waals surface area contributed by atoms with Crippen molar-refractivity contribution in [3.8, 4) is 0 Å². The van der Waals surface area contributed by atoms with Gasteiger partial charge in [-0.25, -0.2) is 4.79 Å². The van der Waals surface area contributed by atoms with E-state index in [9.17, 15) is 24.3 Å². The number of nitrogens with two attached hydrogens (primary N) is 2. The number of thiol groups is 1. The molecule has 32 heavy (non-hydrogen) atoms. The minimum Gasteiger partial charge on any atom is -0.480 e. The van der Waals surface area contributed by atoms with E-state index in [1.165, 1.54) is 0 Å². The summed E-state index contributed by atoms with van der Waals surface area (Å²) in [6.45, 7) is 4.14. The van der Waals surface area contributed by atoms with Gasteiger partial charge in [0.1, 0.15) is 18.1 Å². The molecule has 0 radical (unpaired) electrons. The Hall–Kier alpha value is -1.50. The smallest absolute Gasteiger partial charge is 0.327 e. The molecule has 0 heterocycles. The van der Waals surface area contributed by atoms with Crippen molar-refractivity contribution in [1.29, 1.82) is 0 Å². The number of unbranched alkanes of at least 4 members (excludes halogenated alkanes) is 1. The lowest BCUT2D eigenvalue weighted by Crippen LogP contribution is -2.58. The molecule has 3 amide bonds. The average Bonchev–Trinajstić information content (AvgIpc) is 2.77. The molecule has 0 aliphatic heterocycles. The second-order valence-corrected chi connectivity index (χ2v) is 9.04. The summed E-state index contributed by atoms with van der Waals surface area (Å²) in [5, 5.41) is 17.0. The monoisotopic (exact) mass is 493 g/mol. The van der Waals surface area contributed by atoms with Gasteiger partial charge < -0.3 is 32.5 Å². The molecule has 0 saturated heterocycles. The Morgan fingerprint density at radius 2 is 1.62 bits per heavy atom. The molecular weight excluding hydrogens is 454 g/mol. The molecule has 0 bridgehead atoms. The first-order chi connectivity index (χ1) is 15.1. The molecule has 8 N–H and O–H groups in total. The maximum absolute atomic E-state index is 13.0. The second-order valence-electron chi connectivity index (χ2n) is 7.69. The van der Waals surface area contributed by atoms with Crippen LogP contribution in [0, 0.1) is 5.92 Å². The molecule has 186 valence electrons. The fraction of sp³-hybridized carbons (Fsp3) is 0.800. The van der Waals surface area contributed by atoms with Gasteiger partial charge in [0.2, 0.25) is 17.7 Å². The molecule has 12 heteroatoms. The summed E-state index contributed by atoms with van der Waals surface area (Å²) in [5.41, 5.74) is 11.4. The van der Waals surface area contributed by atoms with Crippen molar-refractivity contribution < 1.29 is 24.3 Å². The second kappa shape index (κ2) is 17.0. The van der Waals surface area contributed by atoms with E-state index in [0.29, 0.717) is 38.0 Å². The lowest BCUT2D eigenvalue weighted by Gasteiger charge is -2.28. The van der Waals surface area contributed by atoms with Crippen LogP contribution < -0.4 is 27.4 Å². The highest BCUT2D eigenvalue weighted by molar-refractivity contribution is 7.98. The molecule has 5 unspecified atom stereocenters. The Labute approximate surface area is 200 Å². The zero-order valence-corrected chi connectivity index (χ0v) is 20.8. The predicted molar refractivity (Wildman–Crippen MR) is 131 cm³/mol. The van der Waals surface area contributed by atoms with Crippen LogP contribution in [0.1, 0.15) is 46.0 Å². The van der Waals surface area contributed by atoms with Crippen molar-refractivity contribution in [3.05, 3.63) is 0 Å². The molecule has 0 aliphatic rings. The number of carbonyl (C=O) groups excluding carboxylic acids is 3. The molecule has 0 saturated carbocycles. The highest BCUT2D eigenvalue weighted by atomic mass is 32.2. The van der Waals surface area contributed by atoms with Crippen LogP contribution in [0.25, 0.3) is 0 Å². The Balaban J connectivity index is 5.41. The predicted octanol–water partition coefficient (Wildman–Crippen LogP) is -0.289. The average molecular weight is 494 g/mol. The van der Waals surface area contributed by atoms with E-state index < -0.39 is 47.9 Å². The maximum atomic E-state index is 13.0. The number of nitrogens with one attached hydrogen (secondary N) is 3. The van der Waals surface area contributed by atoms with Gasteiger partial charge in [0, 0.05) is 5.75 Å². The molecule has 0 rings (SSSR count). The van der Waals surface area contributed by atoms with Crippen LogP contribution in [0.5, 0.6) is 0 Å². The van der Waals surface area contributed by atoms with Crippen LogP contribution in [0.2, 0.25) is 0 Å². The highest BCUT2D eigenvalue weighted by Crippen LogP contribution is 2.11. The van der Waals surface area contributed by atoms with Crippen LogP contribution in [0.15, 0.2) is 0 Å². The molecule has 5 atom stereocenters. The molecule has 0 aromatic rings. The first-order valence-corrected chi connectivity index (χ1v) is 12.8. The minimum atomic E-state index is -1.22. The third kappa shape index (κ3) is 11.4. The van der Waals surface area contributed by atoms with Crippen LogP contribution >= 0.6 is 24.4 Å². The fourth-order valence-electron chi connectivity index (χ4n) is 2.82. The Bertz CT molecular complexity index is 611. The van der Waals surface area contributed by atoms with Gasteiger partial charge in [-0.1, -0.05) is 20.3 Å². The molecule has 0 aliphatic carbocycles. The minimum absolute atomic E-state index is 0.0932. The van der Waals surface area contributed by atoms with Crippen molar-refractivity contribution in [2.24, 2.45) is 17.4 Å². The SMILES string of the molecule is CCC(C)C(NC(=O)C(N)CCSC)C(=O)NC(CCCCN)C(=O)NC(CS)C(=O)O. The van der Waals surface area contributed by atoms with Crippen LogP contribution in [-0.4, -0.2) is 77.3 Å². The highest BCUT2D eigenvalue weighted by Gasteiger charge is 2.32. The lowest BCUT2D eigenvalue weighted by molar-refractivity contribution is -0.141. The number of hydrogen-bond acceptors (Lipinski definition) is 8. The summed E-state index contributed by atoms with van der Waals surface area (Å²) < 4.78 is 0. The van der Waals surface area contributed by atoms with E-state index in [0.717, 1.165) is 0 Å². The van der Waals surface area contributed by atoms with Gasteiger partial charge in [0.05, 0.1) is 6.04 Å². The summed E-state index contributed by atoms with van der Waals surface area (Å²) in [6.07, 6.45) is 4.49. The van der Waals surface area contributed by atoms with Crippen LogP contribution in [0.4, 0.5) is 0 Å². The Morgan fingerprint density at radius 3 is 2.12 bits per heavy atom. The van der Waals surface area contributed by atoms with Crippen LogP contribution in [0.3, 0.4) is 0 Å². The van der Waals surface area contributed by atoms with E-state index in [4.69, 9.17) is 11.5 Å². The maximum Gasteiger partial charge on any atom is 0.327 e. The molecule has 0 aromatic heterocycles. The van der Waals surface area contributed by atoms with Gasteiger partial charge in [-0.2, -0.15) is 24.4 Å². The molecular formula is C20H39N5O5S2. The van der Waals surface area contributed by atoms with E-state index in [-0.39, 0.29) is 18.1 Å². The zero-order chi connectivity index (χ0) is 24.7. The van der Waals surface area contributed by atoms with E-state index in [2.05, 4.69) is 28.6 Å². The van der Waals surface area contributed by atoms with Crippen molar-refractivity contribution in [3.63, 3.8) is 0 Å². The quantitative estimate of drug-likeness (QED) is 0.107. The van der Waals surface area contributed by atoms with Crippen molar-refractivity contribution in [1.82, 2.24) is 16.0 Å². The Morgan fingerprint density at radius 1 is 1.00 bits per heavy atom. The molecule has 0 aromatic carbocycles. The number of carboxylic acid groups (broad SMARTS) is 1. The lowest BCUT2D eigenvalue weighted by atomic mass is 9.97. The molecule has 0 fully saturated rings. The summed E-state index contributed by atoms with van der Waals surface area (Å²) in [6, 6.07) is -3.77. The van der Waals surface area contributed by atoms with E-state index >= 15 is 0 Å². The molecule has 0 spiro atoms. The van der Waals surface area contributed by atoms with Crippen molar-refractivity contribution >= 4 is 48.1 Å². The fourth-order valence-corrected chi connectivity index (χ4v) is 3.56. The number of carbonyl (C=O) groups is 4. The first kappa shape index (κ1) is 30.5. The van der Waals surface area contributed by atoms with Gasteiger partial charge in [-0.3, -0.25) is 14.4 Å². The van der Waals surface area contributed by atoms with Crippen molar-refractivity contribution in [2.45, 2.75) is 70.1 Å². The normalized spacial score (nSPS) is 15.7. The molecule has 10 nitrogen and oxygen atoms in total. The number of aliphatic carboxylic acids is 1. The number of hydrogen-bond donors (Lipinski definition) is 7.